The molecule has 2 N–H and O–H groups in total. The zero-order valence-electron chi connectivity index (χ0n) is 17.0. The molecule has 2 heterocycles. The molecule has 0 aromatic heterocycles. The van der Waals surface area contributed by atoms with Crippen LogP contribution in [0.5, 0.6) is 0 Å². The number of nitriles is 1. The summed E-state index contributed by atoms with van der Waals surface area (Å²) < 4.78 is 30.7. The maximum absolute atomic E-state index is 12.8. The molecular formula is C20H26N4O5S. The van der Waals surface area contributed by atoms with Gasteiger partial charge in [-0.15, -0.1) is 0 Å². The molecule has 2 amide bonds. The topological polar surface area (TPSA) is 129 Å². The van der Waals surface area contributed by atoms with E-state index in [0.717, 1.165) is 12.0 Å². The van der Waals surface area contributed by atoms with E-state index in [1.807, 2.05) is 6.92 Å². The van der Waals surface area contributed by atoms with Crippen molar-refractivity contribution in [1.29, 1.82) is 5.26 Å². The van der Waals surface area contributed by atoms with Crippen LogP contribution in [-0.2, 0) is 23.9 Å². The molecule has 2 aliphatic rings. The number of hydrogen-bond acceptors (Lipinski definition) is 7. The summed E-state index contributed by atoms with van der Waals surface area (Å²) in [6.45, 7) is 2.61. The van der Waals surface area contributed by atoms with Gasteiger partial charge >= 0.3 is 0 Å². The van der Waals surface area contributed by atoms with E-state index >= 15 is 0 Å². The SMILES string of the molecule is CNC(=O)C(OS(=O)(=O)c1ccc(C)cc1)[C@H]1CN[C@H](C(=O)N2CCC[C@H]2C#N)C1. The van der Waals surface area contributed by atoms with Crippen molar-refractivity contribution in [2.24, 2.45) is 5.92 Å². The second-order valence-corrected chi connectivity index (χ2v) is 9.25. The van der Waals surface area contributed by atoms with Crippen LogP contribution in [0.1, 0.15) is 24.8 Å². The number of rotatable bonds is 6. The molecule has 1 aromatic carbocycles. The Kier molecular flexibility index (Phi) is 6.75. The molecule has 0 saturated carbocycles. The zero-order chi connectivity index (χ0) is 21.9. The van der Waals surface area contributed by atoms with E-state index in [1.54, 1.807) is 17.0 Å². The third-order valence-corrected chi connectivity index (χ3v) is 6.93. The van der Waals surface area contributed by atoms with Crippen molar-refractivity contribution in [2.75, 3.05) is 20.1 Å². The fourth-order valence-electron chi connectivity index (χ4n) is 3.92. The van der Waals surface area contributed by atoms with Crippen molar-refractivity contribution in [3.05, 3.63) is 29.8 Å². The van der Waals surface area contributed by atoms with Gasteiger partial charge in [0, 0.05) is 26.1 Å². The van der Waals surface area contributed by atoms with Gasteiger partial charge in [0.05, 0.1) is 17.0 Å². The number of benzene rings is 1. The second kappa shape index (κ2) is 9.12. The second-order valence-electron chi connectivity index (χ2n) is 7.67. The van der Waals surface area contributed by atoms with Crippen LogP contribution in [-0.4, -0.2) is 63.5 Å². The fourth-order valence-corrected chi connectivity index (χ4v) is 5.02. The van der Waals surface area contributed by atoms with E-state index in [1.165, 1.54) is 19.2 Å². The third kappa shape index (κ3) is 4.64. The number of aryl methyl sites for hydroxylation is 1. The summed E-state index contributed by atoms with van der Waals surface area (Å²) in [6.07, 6.45) is 0.405. The number of likely N-dealkylation sites (N-methyl/N-ethyl adjacent to an activating group) is 1. The van der Waals surface area contributed by atoms with Crippen LogP contribution in [0, 0.1) is 24.2 Å². The van der Waals surface area contributed by atoms with Gasteiger partial charge < -0.3 is 15.5 Å². The lowest BCUT2D eigenvalue weighted by Gasteiger charge is -2.24. The number of nitrogens with one attached hydrogen (secondary N) is 2. The van der Waals surface area contributed by atoms with E-state index in [0.29, 0.717) is 13.0 Å². The van der Waals surface area contributed by atoms with Crippen molar-refractivity contribution in [2.45, 2.75) is 49.3 Å². The Balaban J connectivity index is 1.74. The van der Waals surface area contributed by atoms with Crippen LogP contribution >= 0.6 is 0 Å². The van der Waals surface area contributed by atoms with E-state index in [4.69, 9.17) is 4.18 Å². The lowest BCUT2D eigenvalue weighted by molar-refractivity contribution is -0.134. The smallest absolute Gasteiger partial charge is 0.297 e. The maximum Gasteiger partial charge on any atom is 0.297 e. The monoisotopic (exact) mass is 434 g/mol. The highest BCUT2D eigenvalue weighted by molar-refractivity contribution is 7.86. The molecule has 10 heteroatoms. The maximum atomic E-state index is 12.8. The molecule has 2 fully saturated rings. The van der Waals surface area contributed by atoms with Gasteiger partial charge in [0.15, 0.2) is 6.10 Å². The number of carbonyl (C=O) groups is 2. The van der Waals surface area contributed by atoms with Gasteiger partial charge in [0.2, 0.25) is 5.91 Å². The van der Waals surface area contributed by atoms with Crippen LogP contribution in [0.15, 0.2) is 29.2 Å². The summed E-state index contributed by atoms with van der Waals surface area (Å²) in [7, 11) is -2.76. The van der Waals surface area contributed by atoms with E-state index in [-0.39, 0.29) is 23.8 Å². The predicted octanol–water partition coefficient (Wildman–Crippen LogP) is 0.308. The summed E-state index contributed by atoms with van der Waals surface area (Å²) in [6, 6.07) is 7.29. The average molecular weight is 435 g/mol. The first-order chi connectivity index (χ1) is 14.3. The quantitative estimate of drug-likeness (QED) is 0.617. The van der Waals surface area contributed by atoms with Crippen molar-refractivity contribution < 1.29 is 22.2 Å². The van der Waals surface area contributed by atoms with Crippen LogP contribution < -0.4 is 10.6 Å². The third-order valence-electron chi connectivity index (χ3n) is 5.62. The van der Waals surface area contributed by atoms with Crippen LogP contribution in [0.3, 0.4) is 0 Å². The Morgan fingerprint density at radius 1 is 1.33 bits per heavy atom. The van der Waals surface area contributed by atoms with Gasteiger partial charge in [-0.05, 0) is 38.3 Å². The predicted molar refractivity (Wildman–Crippen MR) is 108 cm³/mol. The van der Waals surface area contributed by atoms with Crippen molar-refractivity contribution >= 4 is 21.9 Å². The Bertz CT molecular complexity index is 941. The molecule has 9 nitrogen and oxygen atoms in total. The minimum absolute atomic E-state index is 0.0329. The van der Waals surface area contributed by atoms with Crippen molar-refractivity contribution in [1.82, 2.24) is 15.5 Å². The first kappa shape index (κ1) is 22.2. The summed E-state index contributed by atoms with van der Waals surface area (Å²) in [4.78, 5) is 26.8. The molecule has 2 saturated heterocycles. The lowest BCUT2D eigenvalue weighted by Crippen LogP contribution is -2.45. The first-order valence-electron chi connectivity index (χ1n) is 9.92. The molecule has 1 unspecified atom stereocenters. The van der Waals surface area contributed by atoms with Crippen LogP contribution in [0.4, 0.5) is 0 Å². The van der Waals surface area contributed by atoms with E-state index < -0.39 is 40.1 Å². The molecule has 1 aromatic rings. The van der Waals surface area contributed by atoms with Gasteiger partial charge in [-0.3, -0.25) is 13.8 Å². The Hall–Kier alpha value is -2.48. The highest BCUT2D eigenvalue weighted by atomic mass is 32.2. The van der Waals surface area contributed by atoms with E-state index in [2.05, 4.69) is 16.7 Å². The highest BCUT2D eigenvalue weighted by Gasteiger charge is 2.43. The molecule has 3 rings (SSSR count). The molecule has 162 valence electrons. The minimum Gasteiger partial charge on any atom is -0.357 e. The van der Waals surface area contributed by atoms with Gasteiger partial charge in [0.25, 0.3) is 16.0 Å². The largest absolute Gasteiger partial charge is 0.357 e. The lowest BCUT2D eigenvalue weighted by atomic mass is 9.98. The van der Waals surface area contributed by atoms with Gasteiger partial charge in [0.1, 0.15) is 6.04 Å². The number of hydrogen-bond donors (Lipinski definition) is 2. The zero-order valence-corrected chi connectivity index (χ0v) is 17.8. The fraction of sp³-hybridized carbons (Fsp3) is 0.550. The Labute approximate surface area is 176 Å². The molecule has 4 atom stereocenters. The average Bonchev–Trinajstić information content (AvgIpc) is 3.41. The van der Waals surface area contributed by atoms with Crippen molar-refractivity contribution in [3.63, 3.8) is 0 Å². The summed E-state index contributed by atoms with van der Waals surface area (Å²) in [5.74, 6) is -1.28. The summed E-state index contributed by atoms with van der Waals surface area (Å²) >= 11 is 0. The van der Waals surface area contributed by atoms with Gasteiger partial charge in [-0.1, -0.05) is 17.7 Å². The molecular weight excluding hydrogens is 408 g/mol. The standard InChI is InChI=1S/C20H26N4O5S/c1-13-5-7-16(8-6-13)30(27,28)29-18(19(25)22-2)14-10-17(23-12-14)20(26)24-9-3-4-15(24)11-21/h5-8,14-15,17-18,23H,3-4,9-10,12H2,1-2H3,(H,22,25)/t14-,15+,17+,18?/m1/s1. The minimum atomic E-state index is -4.16. The Morgan fingerprint density at radius 2 is 2.03 bits per heavy atom. The van der Waals surface area contributed by atoms with Crippen LogP contribution in [0.25, 0.3) is 0 Å². The highest BCUT2D eigenvalue weighted by Crippen LogP contribution is 2.27. The molecule has 0 radical (unpaired) electrons. The number of amides is 2. The summed E-state index contributed by atoms with van der Waals surface area (Å²) in [5, 5.41) is 14.7. The number of carbonyl (C=O) groups excluding carboxylic acids is 2. The number of likely N-dealkylation sites (tertiary alicyclic amines) is 1. The number of nitrogens with zero attached hydrogens (tertiary/aromatic N) is 2. The molecule has 2 aliphatic heterocycles. The Morgan fingerprint density at radius 3 is 2.67 bits per heavy atom. The van der Waals surface area contributed by atoms with Gasteiger partial charge in [-0.25, -0.2) is 0 Å². The first-order valence-corrected chi connectivity index (χ1v) is 11.3. The normalized spacial score (nSPS) is 25.0. The summed E-state index contributed by atoms with van der Waals surface area (Å²) in [5.41, 5.74) is 0.899. The van der Waals surface area contributed by atoms with Crippen LogP contribution in [0.2, 0.25) is 0 Å². The molecule has 0 bridgehead atoms. The van der Waals surface area contributed by atoms with Gasteiger partial charge in [-0.2, -0.15) is 13.7 Å². The van der Waals surface area contributed by atoms with E-state index in [9.17, 15) is 23.3 Å². The van der Waals surface area contributed by atoms with Crippen molar-refractivity contribution in [3.8, 4) is 6.07 Å². The molecule has 0 aliphatic carbocycles. The molecule has 0 spiro atoms. The molecule has 30 heavy (non-hydrogen) atoms.